The summed E-state index contributed by atoms with van der Waals surface area (Å²) in [6.45, 7) is 8.77. The first kappa shape index (κ1) is 25.6. The van der Waals surface area contributed by atoms with Crippen molar-refractivity contribution in [3.63, 3.8) is 0 Å². The smallest absolute Gasteiger partial charge is 0.333 e. The van der Waals surface area contributed by atoms with Gasteiger partial charge in [-0.15, -0.1) is 0 Å². The molecule has 1 unspecified atom stereocenters. The predicted molar refractivity (Wildman–Crippen MR) is 110 cm³/mol. The summed E-state index contributed by atoms with van der Waals surface area (Å²) in [5, 5.41) is 9.18. The van der Waals surface area contributed by atoms with Crippen LogP contribution in [0.4, 0.5) is 0 Å². The number of ether oxygens (including phenoxy) is 2. The van der Waals surface area contributed by atoms with Crippen LogP contribution in [0.15, 0.2) is 29.2 Å². The molecule has 0 fully saturated rings. The van der Waals surface area contributed by atoms with E-state index in [1.165, 1.54) is 0 Å². The third kappa shape index (κ3) is 9.71. The van der Waals surface area contributed by atoms with Crippen LogP contribution >= 0.6 is 0 Å². The molecule has 0 aliphatic rings. The summed E-state index contributed by atoms with van der Waals surface area (Å²) in [6, 6.07) is 6.75. The largest absolute Gasteiger partial charge is 0.479 e. The third-order valence-corrected chi connectivity index (χ3v) is 5.74. The second kappa shape index (κ2) is 12.3. The van der Waals surface area contributed by atoms with Gasteiger partial charge in [0.1, 0.15) is 0 Å². The zero-order valence-corrected chi connectivity index (χ0v) is 18.7. The van der Waals surface area contributed by atoms with E-state index < -0.39 is 27.6 Å². The minimum Gasteiger partial charge on any atom is -0.479 e. The van der Waals surface area contributed by atoms with E-state index in [1.54, 1.807) is 31.2 Å². The number of aliphatic carboxylic acids is 1. The number of benzene rings is 1. The van der Waals surface area contributed by atoms with Gasteiger partial charge in [-0.25, -0.2) is 4.79 Å². The second-order valence-electron chi connectivity index (χ2n) is 8.02. The SMILES string of the molecule is Cc1ccccc1S(=O)(=O)OCCCCCOCCCOC(C(=O)O)C(C)(C)C. The van der Waals surface area contributed by atoms with Crippen molar-refractivity contribution >= 4 is 16.1 Å². The van der Waals surface area contributed by atoms with Gasteiger partial charge in [-0.1, -0.05) is 39.0 Å². The van der Waals surface area contributed by atoms with Crippen molar-refractivity contribution in [2.45, 2.75) is 64.4 Å². The monoisotopic (exact) mass is 430 g/mol. The number of carbonyl (C=O) groups is 1. The average Bonchev–Trinajstić information content (AvgIpc) is 2.61. The van der Waals surface area contributed by atoms with Crippen LogP contribution in [0.2, 0.25) is 0 Å². The molecule has 8 heteroatoms. The summed E-state index contributed by atoms with van der Waals surface area (Å²) >= 11 is 0. The van der Waals surface area contributed by atoms with Crippen LogP contribution in [-0.2, 0) is 28.6 Å². The summed E-state index contributed by atoms with van der Waals surface area (Å²) in [5.74, 6) is -0.954. The topological polar surface area (TPSA) is 99.1 Å². The van der Waals surface area contributed by atoms with Crippen LogP contribution in [0.5, 0.6) is 0 Å². The van der Waals surface area contributed by atoms with Crippen LogP contribution in [0.1, 0.15) is 52.0 Å². The van der Waals surface area contributed by atoms with E-state index in [9.17, 15) is 18.3 Å². The Morgan fingerprint density at radius 2 is 1.62 bits per heavy atom. The van der Waals surface area contributed by atoms with Gasteiger partial charge in [-0.05, 0) is 49.7 Å². The molecule has 1 atom stereocenters. The fraction of sp³-hybridized carbons (Fsp3) is 0.667. The van der Waals surface area contributed by atoms with Gasteiger partial charge in [-0.3, -0.25) is 4.18 Å². The van der Waals surface area contributed by atoms with Crippen molar-refractivity contribution in [1.29, 1.82) is 0 Å². The van der Waals surface area contributed by atoms with Gasteiger partial charge < -0.3 is 14.6 Å². The Morgan fingerprint density at radius 3 is 2.24 bits per heavy atom. The van der Waals surface area contributed by atoms with Crippen molar-refractivity contribution in [2.24, 2.45) is 5.41 Å². The number of aryl methyl sites for hydroxylation is 1. The van der Waals surface area contributed by atoms with Crippen molar-refractivity contribution in [2.75, 3.05) is 26.4 Å². The van der Waals surface area contributed by atoms with Crippen LogP contribution in [0.3, 0.4) is 0 Å². The lowest BCUT2D eigenvalue weighted by Gasteiger charge is -2.26. The van der Waals surface area contributed by atoms with E-state index in [1.807, 2.05) is 20.8 Å². The quantitative estimate of drug-likeness (QED) is 0.354. The molecule has 0 aliphatic carbocycles. The van der Waals surface area contributed by atoms with E-state index in [0.717, 1.165) is 12.8 Å². The van der Waals surface area contributed by atoms with Gasteiger partial charge in [0.15, 0.2) is 6.10 Å². The molecule has 0 spiro atoms. The predicted octanol–water partition coefficient (Wildman–Crippen LogP) is 3.79. The molecule has 1 aromatic rings. The summed E-state index contributed by atoms with van der Waals surface area (Å²) in [5.41, 5.74) is 0.212. The molecule has 0 saturated heterocycles. The highest BCUT2D eigenvalue weighted by Crippen LogP contribution is 2.22. The molecular weight excluding hydrogens is 396 g/mol. The van der Waals surface area contributed by atoms with Gasteiger partial charge in [-0.2, -0.15) is 8.42 Å². The van der Waals surface area contributed by atoms with Gasteiger partial charge in [0.25, 0.3) is 10.1 Å². The molecular formula is C21H34O7S. The molecule has 0 aliphatic heterocycles. The molecule has 1 N–H and O–H groups in total. The van der Waals surface area contributed by atoms with Gasteiger partial charge in [0.05, 0.1) is 11.5 Å². The summed E-state index contributed by atoms with van der Waals surface area (Å²) < 4.78 is 40.3. The molecule has 1 aromatic carbocycles. The average molecular weight is 431 g/mol. The van der Waals surface area contributed by atoms with Crippen LogP contribution < -0.4 is 0 Å². The molecule has 29 heavy (non-hydrogen) atoms. The lowest BCUT2D eigenvalue weighted by Crippen LogP contribution is -2.37. The highest BCUT2D eigenvalue weighted by molar-refractivity contribution is 7.86. The van der Waals surface area contributed by atoms with E-state index in [2.05, 4.69) is 0 Å². The minimum atomic E-state index is -3.71. The van der Waals surface area contributed by atoms with Crippen LogP contribution in [0, 0.1) is 12.3 Å². The maximum Gasteiger partial charge on any atom is 0.333 e. The molecule has 166 valence electrons. The maximum atomic E-state index is 12.1. The van der Waals surface area contributed by atoms with Crippen molar-refractivity contribution in [3.8, 4) is 0 Å². The zero-order chi connectivity index (χ0) is 21.9. The number of rotatable bonds is 14. The molecule has 0 bridgehead atoms. The Kier molecular flexibility index (Phi) is 10.8. The van der Waals surface area contributed by atoms with Gasteiger partial charge >= 0.3 is 5.97 Å². The van der Waals surface area contributed by atoms with Gasteiger partial charge in [0.2, 0.25) is 0 Å². The number of carboxylic acids is 1. The Bertz CT molecular complexity index is 723. The number of carboxylic acid groups (broad SMARTS) is 1. The fourth-order valence-electron chi connectivity index (χ4n) is 2.71. The molecule has 1 rings (SSSR count). The van der Waals surface area contributed by atoms with Crippen molar-refractivity contribution in [1.82, 2.24) is 0 Å². The summed E-state index contributed by atoms with van der Waals surface area (Å²) in [4.78, 5) is 11.4. The number of hydrogen-bond donors (Lipinski definition) is 1. The third-order valence-electron chi connectivity index (χ3n) is 4.26. The second-order valence-corrected chi connectivity index (χ2v) is 9.61. The Hall–Kier alpha value is -1.48. The Balaban J connectivity index is 2.08. The summed E-state index contributed by atoms with van der Waals surface area (Å²) in [6.07, 6.45) is 2.01. The molecule has 0 heterocycles. The zero-order valence-electron chi connectivity index (χ0n) is 17.8. The normalized spacial score (nSPS) is 13.4. The lowest BCUT2D eigenvalue weighted by molar-refractivity contribution is -0.158. The van der Waals surface area contributed by atoms with Gasteiger partial charge in [0, 0.05) is 19.8 Å². The van der Waals surface area contributed by atoms with Crippen molar-refractivity contribution in [3.05, 3.63) is 29.8 Å². The number of hydrogen-bond acceptors (Lipinski definition) is 6. The fourth-order valence-corrected chi connectivity index (χ4v) is 3.88. The first-order valence-corrected chi connectivity index (χ1v) is 11.3. The first-order chi connectivity index (χ1) is 13.6. The van der Waals surface area contributed by atoms with E-state index in [4.69, 9.17) is 13.7 Å². The molecule has 0 saturated carbocycles. The minimum absolute atomic E-state index is 0.147. The Labute approximate surface area is 174 Å². The molecule has 0 amide bonds. The number of unbranched alkanes of at least 4 members (excludes halogenated alkanes) is 2. The van der Waals surface area contributed by atoms with Crippen LogP contribution in [-0.4, -0.2) is 52.0 Å². The summed E-state index contributed by atoms with van der Waals surface area (Å²) in [7, 11) is -3.71. The standard InChI is InChI=1S/C21H34O7S/c1-17-11-6-7-12-18(17)29(24,25)28-16-9-5-8-13-26-14-10-15-27-19(20(22)23)21(2,3)4/h6-7,11-12,19H,5,8-10,13-16H2,1-4H3,(H,22,23). The maximum absolute atomic E-state index is 12.1. The van der Waals surface area contributed by atoms with E-state index in [0.29, 0.717) is 38.2 Å². The lowest BCUT2D eigenvalue weighted by atomic mass is 9.89. The van der Waals surface area contributed by atoms with E-state index >= 15 is 0 Å². The highest BCUT2D eigenvalue weighted by Gasteiger charge is 2.31. The molecule has 0 aromatic heterocycles. The Morgan fingerprint density at radius 1 is 1.00 bits per heavy atom. The van der Waals surface area contributed by atoms with Crippen molar-refractivity contribution < 1.29 is 32.0 Å². The van der Waals surface area contributed by atoms with E-state index in [-0.39, 0.29) is 11.5 Å². The molecule has 7 nitrogen and oxygen atoms in total. The first-order valence-electron chi connectivity index (χ1n) is 9.93. The molecule has 0 radical (unpaired) electrons. The van der Waals surface area contributed by atoms with Crippen LogP contribution in [0.25, 0.3) is 0 Å². The highest BCUT2D eigenvalue weighted by atomic mass is 32.2.